The standard InChI is InChI=1S/C25H26ClN9O3/c1-14-21(27)25(13-38-14)5-9-34(10-6-25)18-12-30-20-22(32-18)33-24(37)35(23(20)36)16-4-2-3-15(19(16)26)31-17-11-28-7-8-29-17/h2-4,7-8,11-12,14,21H,5-6,9-10,13,27H2,1H3,(H,29,31)(H,32,33,37)/t14-,21-/m0/s1. The minimum absolute atomic E-state index is 0.00306. The van der Waals surface area contributed by atoms with E-state index in [1.165, 1.54) is 12.4 Å². The topological polar surface area (TPSA) is 157 Å². The van der Waals surface area contributed by atoms with E-state index in [0.29, 0.717) is 23.9 Å². The third-order valence-corrected chi connectivity index (χ3v) is 7.97. The molecule has 1 aromatic carbocycles. The van der Waals surface area contributed by atoms with Crippen LogP contribution in [0.5, 0.6) is 0 Å². The molecule has 2 saturated heterocycles. The third-order valence-electron chi connectivity index (χ3n) is 7.57. The first-order valence-electron chi connectivity index (χ1n) is 12.3. The molecule has 38 heavy (non-hydrogen) atoms. The Morgan fingerprint density at radius 3 is 2.71 bits per heavy atom. The zero-order chi connectivity index (χ0) is 26.4. The van der Waals surface area contributed by atoms with Crippen LogP contribution in [0, 0.1) is 5.41 Å². The van der Waals surface area contributed by atoms with E-state index in [4.69, 9.17) is 22.1 Å². The molecule has 5 heterocycles. The minimum atomic E-state index is -0.673. The molecule has 4 N–H and O–H groups in total. The summed E-state index contributed by atoms with van der Waals surface area (Å²) in [5.41, 5.74) is 5.92. The zero-order valence-corrected chi connectivity index (χ0v) is 21.4. The van der Waals surface area contributed by atoms with Crippen LogP contribution in [0.25, 0.3) is 16.9 Å². The van der Waals surface area contributed by atoms with Crippen molar-refractivity contribution in [2.75, 3.05) is 29.9 Å². The van der Waals surface area contributed by atoms with Gasteiger partial charge in [0, 0.05) is 36.9 Å². The molecule has 2 atom stereocenters. The second-order valence-corrected chi connectivity index (χ2v) is 10.1. The molecule has 6 rings (SSSR count). The molecule has 0 amide bonds. The molecule has 1 spiro atoms. The number of rotatable bonds is 4. The summed E-state index contributed by atoms with van der Waals surface area (Å²) in [4.78, 5) is 48.4. The first-order valence-corrected chi connectivity index (χ1v) is 12.7. The maximum absolute atomic E-state index is 13.4. The highest BCUT2D eigenvalue weighted by Gasteiger charge is 2.47. The van der Waals surface area contributed by atoms with Crippen LogP contribution >= 0.6 is 11.6 Å². The summed E-state index contributed by atoms with van der Waals surface area (Å²) >= 11 is 6.60. The lowest BCUT2D eigenvalue weighted by Gasteiger charge is -2.41. The first-order chi connectivity index (χ1) is 18.4. The van der Waals surface area contributed by atoms with Gasteiger partial charge in [0.05, 0.1) is 41.5 Å². The van der Waals surface area contributed by atoms with Crippen LogP contribution in [0.4, 0.5) is 17.3 Å². The van der Waals surface area contributed by atoms with Gasteiger partial charge in [-0.2, -0.15) is 0 Å². The average molecular weight is 536 g/mol. The molecule has 12 nitrogen and oxygen atoms in total. The quantitative estimate of drug-likeness (QED) is 0.353. The third kappa shape index (κ3) is 4.10. The van der Waals surface area contributed by atoms with Gasteiger partial charge in [-0.3, -0.25) is 14.8 Å². The molecule has 2 aliphatic heterocycles. The molecule has 0 unspecified atom stereocenters. The molecule has 0 aliphatic carbocycles. The summed E-state index contributed by atoms with van der Waals surface area (Å²) < 4.78 is 6.76. The van der Waals surface area contributed by atoms with Gasteiger partial charge in [-0.05, 0) is 31.9 Å². The predicted octanol–water partition coefficient (Wildman–Crippen LogP) is 1.99. The van der Waals surface area contributed by atoms with Crippen molar-refractivity contribution in [2.24, 2.45) is 11.1 Å². The fraction of sp³-hybridized carbons (Fsp3) is 0.360. The highest BCUT2D eigenvalue weighted by molar-refractivity contribution is 6.35. The van der Waals surface area contributed by atoms with Crippen molar-refractivity contribution in [3.63, 3.8) is 0 Å². The van der Waals surface area contributed by atoms with Gasteiger partial charge in [-0.25, -0.2) is 24.3 Å². The van der Waals surface area contributed by atoms with Crippen molar-refractivity contribution >= 4 is 40.1 Å². The van der Waals surface area contributed by atoms with Gasteiger partial charge in [-0.1, -0.05) is 17.7 Å². The Morgan fingerprint density at radius 2 is 2.00 bits per heavy atom. The number of hydrogen-bond donors (Lipinski definition) is 3. The van der Waals surface area contributed by atoms with Crippen molar-refractivity contribution in [1.29, 1.82) is 0 Å². The number of hydrogen-bond acceptors (Lipinski definition) is 10. The summed E-state index contributed by atoms with van der Waals surface area (Å²) in [6, 6.07) is 4.97. The van der Waals surface area contributed by atoms with Gasteiger partial charge in [0.25, 0.3) is 5.56 Å². The summed E-state index contributed by atoms with van der Waals surface area (Å²) in [7, 11) is 0. The maximum Gasteiger partial charge on any atom is 0.334 e. The molecular formula is C25H26ClN9O3. The number of halogens is 1. The Hall–Kier alpha value is -3.87. The van der Waals surface area contributed by atoms with Crippen LogP contribution in [0.3, 0.4) is 0 Å². The number of aromatic amines is 1. The fourth-order valence-corrected chi connectivity index (χ4v) is 5.55. The highest BCUT2D eigenvalue weighted by atomic mass is 35.5. The van der Waals surface area contributed by atoms with Crippen molar-refractivity contribution in [2.45, 2.75) is 31.9 Å². The van der Waals surface area contributed by atoms with Crippen molar-refractivity contribution in [3.8, 4) is 5.69 Å². The lowest BCUT2D eigenvalue weighted by atomic mass is 9.73. The average Bonchev–Trinajstić information content (AvgIpc) is 3.20. The van der Waals surface area contributed by atoms with E-state index in [9.17, 15) is 9.59 Å². The number of nitrogens with one attached hydrogen (secondary N) is 2. The number of nitrogens with two attached hydrogens (primary N) is 1. The number of nitrogens with zero attached hydrogens (tertiary/aromatic N) is 6. The van der Waals surface area contributed by atoms with Gasteiger partial charge in [-0.15, -0.1) is 0 Å². The lowest BCUT2D eigenvalue weighted by Crippen LogP contribution is -2.50. The van der Waals surface area contributed by atoms with E-state index in [-0.39, 0.29) is 39.4 Å². The van der Waals surface area contributed by atoms with E-state index >= 15 is 0 Å². The molecular weight excluding hydrogens is 510 g/mol. The second-order valence-electron chi connectivity index (χ2n) is 9.74. The molecule has 0 radical (unpaired) electrons. The molecule has 196 valence electrons. The molecule has 13 heteroatoms. The van der Waals surface area contributed by atoms with E-state index in [1.54, 1.807) is 30.6 Å². The van der Waals surface area contributed by atoms with Crippen LogP contribution in [0.2, 0.25) is 5.02 Å². The Kier molecular flexibility index (Phi) is 6.09. The Labute approximate surface area is 221 Å². The first kappa shape index (κ1) is 24.5. The minimum Gasteiger partial charge on any atom is -0.376 e. The highest BCUT2D eigenvalue weighted by Crippen LogP contribution is 2.41. The fourth-order valence-electron chi connectivity index (χ4n) is 5.29. The molecule has 2 aliphatic rings. The van der Waals surface area contributed by atoms with E-state index < -0.39 is 11.2 Å². The lowest BCUT2D eigenvalue weighted by molar-refractivity contribution is 0.0974. The molecule has 0 bridgehead atoms. The summed E-state index contributed by atoms with van der Waals surface area (Å²) in [6.45, 7) is 4.14. The van der Waals surface area contributed by atoms with Gasteiger partial charge in [0.1, 0.15) is 11.6 Å². The van der Waals surface area contributed by atoms with Crippen LogP contribution in [-0.2, 0) is 4.74 Å². The van der Waals surface area contributed by atoms with Gasteiger partial charge < -0.3 is 20.7 Å². The summed E-state index contributed by atoms with van der Waals surface area (Å²) in [5, 5.41) is 3.21. The molecule has 3 aromatic heterocycles. The maximum atomic E-state index is 13.4. The van der Waals surface area contributed by atoms with Crippen molar-refractivity contribution in [3.05, 3.63) is 68.8 Å². The van der Waals surface area contributed by atoms with E-state index in [2.05, 4.69) is 35.1 Å². The Balaban J connectivity index is 1.31. The number of fused-ring (bicyclic) bond motifs is 1. The number of piperidine rings is 1. The van der Waals surface area contributed by atoms with Crippen molar-refractivity contribution in [1.82, 2.24) is 29.5 Å². The summed E-state index contributed by atoms with van der Waals surface area (Å²) in [5.74, 6) is 1.05. The predicted molar refractivity (Wildman–Crippen MR) is 143 cm³/mol. The van der Waals surface area contributed by atoms with Gasteiger partial charge in [0.2, 0.25) is 0 Å². The smallest absolute Gasteiger partial charge is 0.334 e. The second kappa shape index (κ2) is 9.46. The Morgan fingerprint density at radius 1 is 1.18 bits per heavy atom. The van der Waals surface area contributed by atoms with Crippen LogP contribution in [-0.4, -0.2) is 61.3 Å². The monoisotopic (exact) mass is 535 g/mol. The van der Waals surface area contributed by atoms with Crippen LogP contribution < -0.4 is 27.2 Å². The van der Waals surface area contributed by atoms with Gasteiger partial charge >= 0.3 is 5.69 Å². The van der Waals surface area contributed by atoms with Crippen LogP contribution in [0.15, 0.2) is 52.6 Å². The number of benzene rings is 1. The largest absolute Gasteiger partial charge is 0.376 e. The summed E-state index contributed by atoms with van der Waals surface area (Å²) in [6.07, 6.45) is 7.96. The van der Waals surface area contributed by atoms with E-state index in [1.807, 2.05) is 6.92 Å². The SMILES string of the molecule is C[C@@H]1OCC2(CCN(c3cnc4c(=O)n(-c5cccc(Nc6cnccn6)c5Cl)c(=O)[nH]c4n3)CC2)[C@H]1N. The number of anilines is 3. The number of H-pyrrole nitrogens is 1. The van der Waals surface area contributed by atoms with E-state index in [0.717, 1.165) is 30.5 Å². The van der Waals surface area contributed by atoms with Crippen LogP contribution in [0.1, 0.15) is 19.8 Å². The normalized spacial score (nSPS) is 20.8. The zero-order valence-electron chi connectivity index (χ0n) is 20.6. The Bertz CT molecular complexity index is 1620. The molecule has 0 saturated carbocycles. The van der Waals surface area contributed by atoms with Crippen molar-refractivity contribution < 1.29 is 4.74 Å². The molecule has 4 aromatic rings. The molecule has 2 fully saturated rings. The van der Waals surface area contributed by atoms with Gasteiger partial charge in [0.15, 0.2) is 11.2 Å². The number of ether oxygens (including phenoxy) is 1. The number of aromatic nitrogens is 6.